The predicted molar refractivity (Wildman–Crippen MR) is 142 cm³/mol. The first-order valence-electron chi connectivity index (χ1n) is 12.7. The Balaban J connectivity index is 2.25. The lowest BCUT2D eigenvalue weighted by molar-refractivity contribution is -0.165. The lowest BCUT2D eigenvalue weighted by Crippen LogP contribution is -2.47. The molecule has 0 aliphatic carbocycles. The van der Waals surface area contributed by atoms with Crippen LogP contribution in [0, 0.1) is 6.92 Å². The number of hydrogen-bond acceptors (Lipinski definition) is 8. The number of aryl methyl sites for hydroxylation is 1. The van der Waals surface area contributed by atoms with Crippen LogP contribution in [0.2, 0.25) is 0 Å². The first-order chi connectivity index (χ1) is 17.8. The van der Waals surface area contributed by atoms with Gasteiger partial charge in [0.15, 0.2) is 5.41 Å². The summed E-state index contributed by atoms with van der Waals surface area (Å²) in [5.74, 6) is 0.0321. The molecule has 37 heavy (non-hydrogen) atoms. The summed E-state index contributed by atoms with van der Waals surface area (Å²) in [6.07, 6.45) is 1.59. The van der Waals surface area contributed by atoms with Gasteiger partial charge in [-0.3, -0.25) is 9.59 Å². The second kappa shape index (κ2) is 14.6. The molecule has 2 aromatic rings. The molecule has 0 saturated heterocycles. The van der Waals surface area contributed by atoms with Crippen LogP contribution < -0.4 is 9.47 Å². The monoisotopic (exact) mass is 515 g/mol. The fourth-order valence-corrected chi connectivity index (χ4v) is 4.41. The second-order valence-corrected chi connectivity index (χ2v) is 8.99. The summed E-state index contributed by atoms with van der Waals surface area (Å²) < 4.78 is 21.5. The van der Waals surface area contributed by atoms with Gasteiger partial charge in [0.1, 0.15) is 11.5 Å². The Kier molecular flexibility index (Phi) is 11.9. The van der Waals surface area contributed by atoms with Crippen LogP contribution in [0.4, 0.5) is 0 Å². The fourth-order valence-electron chi connectivity index (χ4n) is 4.41. The van der Waals surface area contributed by atoms with E-state index in [2.05, 4.69) is 23.1 Å². The molecule has 0 amide bonds. The topological polar surface area (TPSA) is 94.5 Å². The number of benzene rings is 2. The second-order valence-electron chi connectivity index (χ2n) is 8.99. The van der Waals surface area contributed by atoms with E-state index in [-0.39, 0.29) is 26.2 Å². The molecule has 0 saturated carbocycles. The number of nitrogens with zero attached hydrogens (tertiary/aromatic N) is 1. The van der Waals surface area contributed by atoms with Crippen LogP contribution in [0.25, 0.3) is 0 Å². The molecule has 2 aromatic carbocycles. The van der Waals surface area contributed by atoms with E-state index in [1.165, 1.54) is 12.7 Å². The Morgan fingerprint density at radius 2 is 1.57 bits per heavy atom. The van der Waals surface area contributed by atoms with Gasteiger partial charge in [0.05, 0.1) is 34.0 Å². The number of aliphatic hydroxyl groups excluding tert-OH is 1. The summed E-state index contributed by atoms with van der Waals surface area (Å²) in [5, 5.41) is 9.85. The summed E-state index contributed by atoms with van der Waals surface area (Å²) in [5.41, 5.74) is 1.52. The molecule has 0 aliphatic rings. The number of carbonyl (C=O) groups excluding carboxylic acids is 2. The predicted octanol–water partition coefficient (Wildman–Crippen LogP) is 3.82. The third-order valence-corrected chi connectivity index (χ3v) is 6.54. The van der Waals surface area contributed by atoms with Gasteiger partial charge in [-0.1, -0.05) is 18.2 Å². The van der Waals surface area contributed by atoms with E-state index in [9.17, 15) is 14.7 Å². The lowest BCUT2D eigenvalue weighted by Gasteiger charge is -2.31. The van der Waals surface area contributed by atoms with Crippen molar-refractivity contribution in [2.45, 2.75) is 52.1 Å². The maximum absolute atomic E-state index is 13.4. The van der Waals surface area contributed by atoms with Gasteiger partial charge in [-0.25, -0.2) is 0 Å². The number of aliphatic hydroxyl groups is 1. The normalized spacial score (nSPS) is 11.4. The molecule has 0 atom stereocenters. The van der Waals surface area contributed by atoms with E-state index in [0.29, 0.717) is 29.8 Å². The highest BCUT2D eigenvalue weighted by atomic mass is 16.6. The Bertz CT molecular complexity index is 1020. The molecule has 0 unspecified atom stereocenters. The highest BCUT2D eigenvalue weighted by molar-refractivity contribution is 6.06. The SMILES string of the molecule is CCOC(=O)C(CCCN(C)CCc1ccc(C)c(OC)c1)(C(=O)OCC)c1ccc(OC)c(CO)c1. The minimum Gasteiger partial charge on any atom is -0.496 e. The van der Waals surface area contributed by atoms with E-state index >= 15 is 0 Å². The van der Waals surface area contributed by atoms with Crippen LogP contribution in [0.3, 0.4) is 0 Å². The van der Waals surface area contributed by atoms with E-state index in [0.717, 1.165) is 24.3 Å². The molecular weight excluding hydrogens is 474 g/mol. The minimum atomic E-state index is -1.65. The van der Waals surface area contributed by atoms with E-state index in [4.69, 9.17) is 18.9 Å². The number of esters is 2. The Labute approximate surface area is 220 Å². The summed E-state index contributed by atoms with van der Waals surface area (Å²) in [7, 11) is 5.18. The fraction of sp³-hybridized carbons (Fsp3) is 0.517. The van der Waals surface area contributed by atoms with Crippen LogP contribution in [0.1, 0.15) is 48.9 Å². The summed E-state index contributed by atoms with van der Waals surface area (Å²) in [4.78, 5) is 28.9. The molecular formula is C29H41NO7. The molecule has 0 radical (unpaired) electrons. The number of hydrogen-bond donors (Lipinski definition) is 1. The van der Waals surface area contributed by atoms with Crippen molar-refractivity contribution in [1.82, 2.24) is 4.90 Å². The molecule has 0 heterocycles. The first kappa shape index (κ1) is 30.1. The average Bonchev–Trinajstić information content (AvgIpc) is 2.90. The van der Waals surface area contributed by atoms with Crippen molar-refractivity contribution in [3.05, 3.63) is 58.7 Å². The smallest absolute Gasteiger partial charge is 0.328 e. The van der Waals surface area contributed by atoms with Gasteiger partial charge in [-0.05, 0) is 88.5 Å². The number of rotatable bonds is 15. The Morgan fingerprint density at radius 3 is 2.14 bits per heavy atom. The standard InChI is InChI=1S/C29H41NO7/c1-7-36-27(32)29(28(33)37-8-2,24-12-13-25(34-5)23(19-24)20-31)15-9-16-30(4)17-14-22-11-10-21(3)26(18-22)35-6/h10-13,18-19,31H,7-9,14-17,20H2,1-6H3. The maximum Gasteiger partial charge on any atom is 0.328 e. The molecule has 0 spiro atoms. The molecule has 2 rings (SSSR count). The maximum atomic E-state index is 13.4. The van der Waals surface area contributed by atoms with Crippen molar-refractivity contribution < 1.29 is 33.6 Å². The molecule has 1 N–H and O–H groups in total. The molecule has 204 valence electrons. The zero-order valence-corrected chi connectivity index (χ0v) is 23.0. The van der Waals surface area contributed by atoms with Crippen molar-refractivity contribution in [2.75, 3.05) is 47.6 Å². The molecule has 0 bridgehead atoms. The van der Waals surface area contributed by atoms with Crippen LogP contribution in [0.15, 0.2) is 36.4 Å². The molecule has 8 nitrogen and oxygen atoms in total. The third kappa shape index (κ3) is 7.46. The highest BCUT2D eigenvalue weighted by Gasteiger charge is 2.50. The van der Waals surface area contributed by atoms with Crippen LogP contribution >= 0.6 is 0 Å². The van der Waals surface area contributed by atoms with Crippen molar-refractivity contribution in [3.8, 4) is 11.5 Å². The molecule has 0 aliphatic heterocycles. The average molecular weight is 516 g/mol. The van der Waals surface area contributed by atoms with Gasteiger partial charge in [-0.2, -0.15) is 0 Å². The first-order valence-corrected chi connectivity index (χ1v) is 12.7. The highest BCUT2D eigenvalue weighted by Crippen LogP contribution is 2.36. The lowest BCUT2D eigenvalue weighted by atomic mass is 9.75. The van der Waals surface area contributed by atoms with Crippen LogP contribution in [0.5, 0.6) is 11.5 Å². The van der Waals surface area contributed by atoms with Gasteiger partial charge >= 0.3 is 11.9 Å². The molecule has 0 fully saturated rings. The zero-order chi connectivity index (χ0) is 27.4. The number of likely N-dealkylation sites (N-methyl/N-ethyl adjacent to an activating group) is 1. The zero-order valence-electron chi connectivity index (χ0n) is 23.0. The quantitative estimate of drug-likeness (QED) is 0.283. The Morgan fingerprint density at radius 1 is 0.919 bits per heavy atom. The van der Waals surface area contributed by atoms with E-state index < -0.39 is 17.4 Å². The Hall–Kier alpha value is -3.10. The summed E-state index contributed by atoms with van der Waals surface area (Å²) >= 11 is 0. The van der Waals surface area contributed by atoms with Gasteiger partial charge < -0.3 is 29.0 Å². The van der Waals surface area contributed by atoms with Crippen LogP contribution in [-0.2, 0) is 37.5 Å². The largest absolute Gasteiger partial charge is 0.496 e. The van der Waals surface area contributed by atoms with Crippen molar-refractivity contribution in [3.63, 3.8) is 0 Å². The van der Waals surface area contributed by atoms with Gasteiger partial charge in [-0.15, -0.1) is 0 Å². The molecule has 8 heteroatoms. The van der Waals surface area contributed by atoms with E-state index in [1.807, 2.05) is 14.0 Å². The molecule has 0 aromatic heterocycles. The minimum absolute atomic E-state index is 0.128. The number of carbonyl (C=O) groups is 2. The van der Waals surface area contributed by atoms with E-state index in [1.54, 1.807) is 39.2 Å². The number of ether oxygens (including phenoxy) is 4. The van der Waals surface area contributed by atoms with Crippen molar-refractivity contribution in [1.29, 1.82) is 0 Å². The van der Waals surface area contributed by atoms with Crippen molar-refractivity contribution >= 4 is 11.9 Å². The summed E-state index contributed by atoms with van der Waals surface area (Å²) in [6.45, 7) is 6.84. The van der Waals surface area contributed by atoms with Gasteiger partial charge in [0.25, 0.3) is 0 Å². The van der Waals surface area contributed by atoms with Gasteiger partial charge in [0, 0.05) is 12.1 Å². The number of methoxy groups -OCH3 is 2. The van der Waals surface area contributed by atoms with Gasteiger partial charge in [0.2, 0.25) is 0 Å². The van der Waals surface area contributed by atoms with Crippen LogP contribution in [-0.4, -0.2) is 69.5 Å². The third-order valence-electron chi connectivity index (χ3n) is 6.54. The van der Waals surface area contributed by atoms with Crippen molar-refractivity contribution in [2.24, 2.45) is 0 Å². The summed E-state index contributed by atoms with van der Waals surface area (Å²) in [6, 6.07) is 11.1.